The van der Waals surface area contributed by atoms with Gasteiger partial charge in [-0.15, -0.1) is 0 Å². The first-order valence-corrected chi connectivity index (χ1v) is 9.86. The Bertz CT molecular complexity index is 702. The van der Waals surface area contributed by atoms with Crippen molar-refractivity contribution in [3.8, 4) is 11.1 Å². The molecule has 3 nitrogen and oxygen atoms in total. The normalized spacial score (nSPS) is 19.7. The van der Waals surface area contributed by atoms with Crippen LogP contribution >= 0.6 is 0 Å². The highest BCUT2D eigenvalue weighted by Crippen LogP contribution is 2.26. The average Bonchev–Trinajstić information content (AvgIpc) is 2.70. The molecule has 4 heteroatoms. The molecule has 2 heterocycles. The third kappa shape index (κ3) is 4.25. The number of anilines is 1. The van der Waals surface area contributed by atoms with Crippen LogP contribution in [0.15, 0.2) is 48.5 Å². The molecule has 2 aliphatic rings. The SMILES string of the molecule is Fc1cccc(-c2ccc(N3CCC(NC4CCNCC4)CC3)cc2)c1. The van der Waals surface area contributed by atoms with Gasteiger partial charge in [-0.25, -0.2) is 4.39 Å². The van der Waals surface area contributed by atoms with Gasteiger partial charge in [-0.05, 0) is 74.2 Å². The zero-order chi connectivity index (χ0) is 17.8. The molecule has 0 aliphatic carbocycles. The topological polar surface area (TPSA) is 27.3 Å². The van der Waals surface area contributed by atoms with E-state index in [0.717, 1.165) is 37.3 Å². The molecule has 0 aromatic heterocycles. The van der Waals surface area contributed by atoms with Crippen LogP contribution in [-0.4, -0.2) is 38.3 Å². The Balaban J connectivity index is 1.33. The van der Waals surface area contributed by atoms with Gasteiger partial charge in [-0.3, -0.25) is 0 Å². The number of nitrogens with one attached hydrogen (secondary N) is 2. The van der Waals surface area contributed by atoms with Crippen molar-refractivity contribution in [2.75, 3.05) is 31.1 Å². The van der Waals surface area contributed by atoms with Gasteiger partial charge in [-0.1, -0.05) is 24.3 Å². The summed E-state index contributed by atoms with van der Waals surface area (Å²) in [6, 6.07) is 16.7. The van der Waals surface area contributed by atoms with Crippen LogP contribution in [0.25, 0.3) is 11.1 Å². The number of hydrogen-bond donors (Lipinski definition) is 2. The lowest BCUT2D eigenvalue weighted by molar-refractivity contribution is 0.316. The van der Waals surface area contributed by atoms with Crippen molar-refractivity contribution >= 4 is 5.69 Å². The molecule has 0 radical (unpaired) electrons. The summed E-state index contributed by atoms with van der Waals surface area (Å²) in [5, 5.41) is 7.29. The van der Waals surface area contributed by atoms with Gasteiger partial charge in [0.1, 0.15) is 5.82 Å². The lowest BCUT2D eigenvalue weighted by Gasteiger charge is -2.36. The maximum absolute atomic E-state index is 13.4. The average molecular weight is 353 g/mol. The molecule has 0 bridgehead atoms. The van der Waals surface area contributed by atoms with Gasteiger partial charge in [0.25, 0.3) is 0 Å². The van der Waals surface area contributed by atoms with E-state index in [1.807, 2.05) is 6.07 Å². The van der Waals surface area contributed by atoms with E-state index in [-0.39, 0.29) is 5.82 Å². The highest BCUT2D eigenvalue weighted by molar-refractivity contribution is 5.66. The number of piperidine rings is 2. The maximum atomic E-state index is 13.4. The first-order valence-electron chi connectivity index (χ1n) is 9.86. The third-order valence-electron chi connectivity index (χ3n) is 5.70. The molecule has 26 heavy (non-hydrogen) atoms. The largest absolute Gasteiger partial charge is 0.371 e. The summed E-state index contributed by atoms with van der Waals surface area (Å²) in [7, 11) is 0. The van der Waals surface area contributed by atoms with Crippen LogP contribution in [0.1, 0.15) is 25.7 Å². The molecule has 2 saturated heterocycles. The molecule has 4 rings (SSSR count). The Kier molecular flexibility index (Phi) is 5.51. The van der Waals surface area contributed by atoms with Crippen LogP contribution in [0.2, 0.25) is 0 Å². The standard InChI is InChI=1S/C22H28FN3/c23-19-3-1-2-18(16-19)17-4-6-22(7-5-17)26-14-10-21(11-15-26)25-20-8-12-24-13-9-20/h1-7,16,20-21,24-25H,8-15H2. The maximum Gasteiger partial charge on any atom is 0.123 e. The van der Waals surface area contributed by atoms with Crippen LogP contribution in [0.5, 0.6) is 0 Å². The van der Waals surface area contributed by atoms with Crippen LogP contribution < -0.4 is 15.5 Å². The predicted molar refractivity (Wildman–Crippen MR) is 106 cm³/mol. The molecule has 0 spiro atoms. The fourth-order valence-corrected chi connectivity index (χ4v) is 4.16. The van der Waals surface area contributed by atoms with Gasteiger partial charge >= 0.3 is 0 Å². The summed E-state index contributed by atoms with van der Waals surface area (Å²) in [6.07, 6.45) is 4.91. The third-order valence-corrected chi connectivity index (χ3v) is 5.70. The molecule has 2 aliphatic heterocycles. The number of benzene rings is 2. The van der Waals surface area contributed by atoms with E-state index < -0.39 is 0 Å². The summed E-state index contributed by atoms with van der Waals surface area (Å²) in [6.45, 7) is 4.49. The number of hydrogen-bond acceptors (Lipinski definition) is 3. The van der Waals surface area contributed by atoms with Crippen molar-refractivity contribution in [2.24, 2.45) is 0 Å². The van der Waals surface area contributed by atoms with E-state index in [9.17, 15) is 4.39 Å². The van der Waals surface area contributed by atoms with Crippen molar-refractivity contribution in [3.05, 3.63) is 54.3 Å². The molecule has 0 saturated carbocycles. The van der Waals surface area contributed by atoms with E-state index in [1.54, 1.807) is 12.1 Å². The van der Waals surface area contributed by atoms with Gasteiger partial charge in [0.15, 0.2) is 0 Å². The quantitative estimate of drug-likeness (QED) is 0.875. The molecule has 2 aromatic rings. The van der Waals surface area contributed by atoms with E-state index in [2.05, 4.69) is 39.8 Å². The van der Waals surface area contributed by atoms with E-state index in [4.69, 9.17) is 0 Å². The number of rotatable bonds is 4. The Morgan fingerprint density at radius 3 is 2.23 bits per heavy atom. The molecule has 0 unspecified atom stereocenters. The van der Waals surface area contributed by atoms with Crippen molar-refractivity contribution < 1.29 is 4.39 Å². The first kappa shape index (κ1) is 17.5. The van der Waals surface area contributed by atoms with Crippen LogP contribution in [-0.2, 0) is 0 Å². The van der Waals surface area contributed by atoms with Gasteiger partial charge in [-0.2, -0.15) is 0 Å². The lowest BCUT2D eigenvalue weighted by Crippen LogP contribution is -2.49. The minimum absolute atomic E-state index is 0.185. The van der Waals surface area contributed by atoms with Crippen molar-refractivity contribution in [2.45, 2.75) is 37.8 Å². The molecule has 2 N–H and O–H groups in total. The minimum atomic E-state index is -0.185. The summed E-state index contributed by atoms with van der Waals surface area (Å²) in [5.41, 5.74) is 3.27. The molecular formula is C22H28FN3. The molecular weight excluding hydrogens is 325 g/mol. The van der Waals surface area contributed by atoms with E-state index >= 15 is 0 Å². The Morgan fingerprint density at radius 1 is 0.846 bits per heavy atom. The van der Waals surface area contributed by atoms with Crippen LogP contribution in [0.3, 0.4) is 0 Å². The zero-order valence-corrected chi connectivity index (χ0v) is 15.3. The van der Waals surface area contributed by atoms with Gasteiger partial charge in [0.05, 0.1) is 0 Å². The summed E-state index contributed by atoms with van der Waals surface area (Å²) >= 11 is 0. The van der Waals surface area contributed by atoms with Gasteiger partial charge < -0.3 is 15.5 Å². The molecule has 0 atom stereocenters. The van der Waals surface area contributed by atoms with E-state index in [1.165, 1.54) is 37.4 Å². The van der Waals surface area contributed by atoms with Gasteiger partial charge in [0, 0.05) is 30.9 Å². The second-order valence-electron chi connectivity index (χ2n) is 7.51. The van der Waals surface area contributed by atoms with Crippen molar-refractivity contribution in [3.63, 3.8) is 0 Å². The lowest BCUT2D eigenvalue weighted by atomic mass is 9.99. The minimum Gasteiger partial charge on any atom is -0.371 e. The van der Waals surface area contributed by atoms with Gasteiger partial charge in [0.2, 0.25) is 0 Å². The smallest absolute Gasteiger partial charge is 0.123 e. The predicted octanol–water partition coefficient (Wildman–Crippen LogP) is 3.80. The molecule has 2 fully saturated rings. The zero-order valence-electron chi connectivity index (χ0n) is 15.3. The summed E-state index contributed by atoms with van der Waals surface area (Å²) < 4.78 is 13.4. The molecule has 0 amide bonds. The molecule has 138 valence electrons. The van der Waals surface area contributed by atoms with E-state index in [0.29, 0.717) is 12.1 Å². The molecule has 2 aromatic carbocycles. The highest BCUT2D eigenvalue weighted by Gasteiger charge is 2.22. The Hall–Kier alpha value is -1.91. The van der Waals surface area contributed by atoms with Crippen molar-refractivity contribution in [1.29, 1.82) is 0 Å². The first-order chi connectivity index (χ1) is 12.8. The summed E-state index contributed by atoms with van der Waals surface area (Å²) in [4.78, 5) is 2.47. The summed E-state index contributed by atoms with van der Waals surface area (Å²) in [5.74, 6) is -0.185. The Morgan fingerprint density at radius 2 is 1.54 bits per heavy atom. The number of halogens is 1. The fourth-order valence-electron chi connectivity index (χ4n) is 4.16. The van der Waals surface area contributed by atoms with Crippen LogP contribution in [0, 0.1) is 5.82 Å². The number of nitrogens with zero attached hydrogens (tertiary/aromatic N) is 1. The monoisotopic (exact) mass is 353 g/mol. The highest BCUT2D eigenvalue weighted by atomic mass is 19.1. The fraction of sp³-hybridized carbons (Fsp3) is 0.455. The van der Waals surface area contributed by atoms with Crippen molar-refractivity contribution in [1.82, 2.24) is 10.6 Å². The Labute approximate surface area is 155 Å². The van der Waals surface area contributed by atoms with Crippen LogP contribution in [0.4, 0.5) is 10.1 Å². The second-order valence-corrected chi connectivity index (χ2v) is 7.51. The second kappa shape index (κ2) is 8.19.